The van der Waals surface area contributed by atoms with Crippen molar-refractivity contribution in [3.63, 3.8) is 0 Å². The molecular weight excluding hydrogens is 195 g/mol. The zero-order chi connectivity index (χ0) is 11.3. The van der Waals surface area contributed by atoms with Crippen LogP contribution in [0.3, 0.4) is 0 Å². The SMILES string of the molecule is CC(=O)NCCNc1ccc(F)cc1C. The molecule has 0 saturated carbocycles. The van der Waals surface area contributed by atoms with E-state index in [1.165, 1.54) is 19.1 Å². The van der Waals surface area contributed by atoms with Gasteiger partial charge in [-0.2, -0.15) is 0 Å². The molecule has 15 heavy (non-hydrogen) atoms. The van der Waals surface area contributed by atoms with Crippen LogP contribution in [-0.4, -0.2) is 19.0 Å². The molecule has 0 unspecified atom stereocenters. The van der Waals surface area contributed by atoms with Gasteiger partial charge in [0.2, 0.25) is 5.91 Å². The monoisotopic (exact) mass is 210 g/mol. The molecule has 0 aromatic heterocycles. The lowest BCUT2D eigenvalue weighted by Gasteiger charge is -2.09. The van der Waals surface area contributed by atoms with Gasteiger partial charge in [-0.15, -0.1) is 0 Å². The summed E-state index contributed by atoms with van der Waals surface area (Å²) in [5.41, 5.74) is 1.75. The van der Waals surface area contributed by atoms with E-state index in [9.17, 15) is 9.18 Å². The molecule has 1 aromatic carbocycles. The first kappa shape index (κ1) is 11.5. The molecular formula is C11H15FN2O. The number of amides is 1. The lowest BCUT2D eigenvalue weighted by Crippen LogP contribution is -2.26. The van der Waals surface area contributed by atoms with Crippen LogP contribution >= 0.6 is 0 Å². The molecule has 0 aliphatic heterocycles. The van der Waals surface area contributed by atoms with Gasteiger partial charge in [0.25, 0.3) is 0 Å². The van der Waals surface area contributed by atoms with E-state index in [1.54, 1.807) is 6.07 Å². The number of carbonyl (C=O) groups is 1. The van der Waals surface area contributed by atoms with Gasteiger partial charge >= 0.3 is 0 Å². The van der Waals surface area contributed by atoms with Crippen LogP contribution < -0.4 is 10.6 Å². The van der Waals surface area contributed by atoms with Gasteiger partial charge in [-0.3, -0.25) is 4.79 Å². The summed E-state index contributed by atoms with van der Waals surface area (Å²) in [4.78, 5) is 10.6. The summed E-state index contributed by atoms with van der Waals surface area (Å²) < 4.78 is 12.8. The number of halogens is 1. The average Bonchev–Trinajstić information content (AvgIpc) is 2.14. The molecule has 0 fully saturated rings. The second kappa shape index (κ2) is 5.34. The van der Waals surface area contributed by atoms with Crippen molar-refractivity contribution in [2.75, 3.05) is 18.4 Å². The van der Waals surface area contributed by atoms with Crippen molar-refractivity contribution in [3.8, 4) is 0 Å². The molecule has 4 heteroatoms. The molecule has 0 aliphatic rings. The largest absolute Gasteiger partial charge is 0.383 e. The predicted molar refractivity (Wildman–Crippen MR) is 58.3 cm³/mol. The van der Waals surface area contributed by atoms with Crippen LogP contribution in [0, 0.1) is 12.7 Å². The van der Waals surface area contributed by atoms with Gasteiger partial charge in [0, 0.05) is 25.7 Å². The minimum Gasteiger partial charge on any atom is -0.383 e. The third-order valence-corrected chi connectivity index (χ3v) is 2.00. The molecule has 0 radical (unpaired) electrons. The Morgan fingerprint density at radius 3 is 2.73 bits per heavy atom. The zero-order valence-corrected chi connectivity index (χ0v) is 8.93. The third-order valence-electron chi connectivity index (χ3n) is 2.00. The third kappa shape index (κ3) is 3.97. The van der Waals surface area contributed by atoms with Crippen LogP contribution in [0.5, 0.6) is 0 Å². The van der Waals surface area contributed by atoms with E-state index in [2.05, 4.69) is 10.6 Å². The second-order valence-electron chi connectivity index (χ2n) is 3.37. The van der Waals surface area contributed by atoms with E-state index < -0.39 is 0 Å². The number of hydrogen-bond acceptors (Lipinski definition) is 2. The highest BCUT2D eigenvalue weighted by Gasteiger charge is 1.98. The van der Waals surface area contributed by atoms with Gasteiger partial charge in [-0.25, -0.2) is 4.39 Å². The standard InChI is InChI=1S/C11H15FN2O/c1-8-7-10(12)3-4-11(8)14-6-5-13-9(2)15/h3-4,7,14H,5-6H2,1-2H3,(H,13,15). The predicted octanol–water partition coefficient (Wildman–Crippen LogP) is 1.68. The summed E-state index contributed by atoms with van der Waals surface area (Å²) in [7, 11) is 0. The Morgan fingerprint density at radius 2 is 2.13 bits per heavy atom. The summed E-state index contributed by atoms with van der Waals surface area (Å²) in [6.07, 6.45) is 0. The fourth-order valence-corrected chi connectivity index (χ4v) is 1.26. The molecule has 0 atom stereocenters. The average molecular weight is 210 g/mol. The highest BCUT2D eigenvalue weighted by molar-refractivity contribution is 5.72. The Bertz CT molecular complexity index is 352. The van der Waals surface area contributed by atoms with E-state index in [-0.39, 0.29) is 11.7 Å². The topological polar surface area (TPSA) is 41.1 Å². The van der Waals surface area contributed by atoms with Gasteiger partial charge in [0.05, 0.1) is 0 Å². The zero-order valence-electron chi connectivity index (χ0n) is 8.93. The van der Waals surface area contributed by atoms with Crippen molar-refractivity contribution in [1.29, 1.82) is 0 Å². The van der Waals surface area contributed by atoms with Crippen molar-refractivity contribution >= 4 is 11.6 Å². The van der Waals surface area contributed by atoms with Gasteiger partial charge in [0.15, 0.2) is 0 Å². The quantitative estimate of drug-likeness (QED) is 0.742. The lowest BCUT2D eigenvalue weighted by atomic mass is 10.2. The Balaban J connectivity index is 2.40. The van der Waals surface area contributed by atoms with Crippen molar-refractivity contribution in [3.05, 3.63) is 29.6 Å². The fraction of sp³-hybridized carbons (Fsp3) is 0.364. The molecule has 0 aliphatic carbocycles. The number of nitrogens with one attached hydrogen (secondary N) is 2. The minimum absolute atomic E-state index is 0.0485. The molecule has 0 heterocycles. The van der Waals surface area contributed by atoms with E-state index in [0.717, 1.165) is 11.3 Å². The summed E-state index contributed by atoms with van der Waals surface area (Å²) in [6.45, 7) is 4.51. The minimum atomic E-state index is -0.236. The van der Waals surface area contributed by atoms with Crippen molar-refractivity contribution < 1.29 is 9.18 Å². The van der Waals surface area contributed by atoms with E-state index >= 15 is 0 Å². The maximum absolute atomic E-state index is 12.8. The van der Waals surface area contributed by atoms with E-state index in [4.69, 9.17) is 0 Å². The highest BCUT2D eigenvalue weighted by atomic mass is 19.1. The second-order valence-corrected chi connectivity index (χ2v) is 3.37. The Labute approximate surface area is 88.7 Å². The normalized spacial score (nSPS) is 9.80. The van der Waals surface area contributed by atoms with Crippen LogP contribution in [-0.2, 0) is 4.79 Å². The van der Waals surface area contributed by atoms with Crippen LogP contribution in [0.15, 0.2) is 18.2 Å². The smallest absolute Gasteiger partial charge is 0.216 e. The van der Waals surface area contributed by atoms with Crippen LogP contribution in [0.2, 0.25) is 0 Å². The summed E-state index contributed by atoms with van der Waals surface area (Å²) in [5.74, 6) is -0.285. The van der Waals surface area contributed by atoms with Crippen molar-refractivity contribution in [1.82, 2.24) is 5.32 Å². The van der Waals surface area contributed by atoms with Crippen molar-refractivity contribution in [2.24, 2.45) is 0 Å². The molecule has 3 nitrogen and oxygen atoms in total. The Morgan fingerprint density at radius 1 is 1.40 bits per heavy atom. The number of rotatable bonds is 4. The van der Waals surface area contributed by atoms with Crippen molar-refractivity contribution in [2.45, 2.75) is 13.8 Å². The molecule has 0 spiro atoms. The molecule has 1 rings (SSSR count). The number of aryl methyl sites for hydroxylation is 1. The van der Waals surface area contributed by atoms with E-state index in [1.807, 2.05) is 6.92 Å². The first-order chi connectivity index (χ1) is 7.09. The molecule has 2 N–H and O–H groups in total. The summed E-state index contributed by atoms with van der Waals surface area (Å²) >= 11 is 0. The van der Waals surface area contributed by atoms with Crippen LogP contribution in [0.1, 0.15) is 12.5 Å². The van der Waals surface area contributed by atoms with Crippen LogP contribution in [0.25, 0.3) is 0 Å². The Hall–Kier alpha value is -1.58. The molecule has 1 amide bonds. The van der Waals surface area contributed by atoms with Gasteiger partial charge in [0.1, 0.15) is 5.82 Å². The Kier molecular flexibility index (Phi) is 4.09. The molecule has 1 aromatic rings. The first-order valence-electron chi connectivity index (χ1n) is 4.84. The molecule has 0 bridgehead atoms. The first-order valence-corrected chi connectivity index (χ1v) is 4.84. The summed E-state index contributed by atoms with van der Waals surface area (Å²) in [6, 6.07) is 4.58. The highest BCUT2D eigenvalue weighted by Crippen LogP contribution is 2.14. The van der Waals surface area contributed by atoms with Crippen LogP contribution in [0.4, 0.5) is 10.1 Å². The van der Waals surface area contributed by atoms with Gasteiger partial charge in [-0.1, -0.05) is 0 Å². The van der Waals surface area contributed by atoms with E-state index in [0.29, 0.717) is 13.1 Å². The maximum atomic E-state index is 12.8. The number of benzene rings is 1. The number of hydrogen-bond donors (Lipinski definition) is 2. The molecule has 0 saturated heterocycles. The number of carbonyl (C=O) groups excluding carboxylic acids is 1. The van der Waals surface area contributed by atoms with Gasteiger partial charge in [-0.05, 0) is 30.7 Å². The molecule has 82 valence electrons. The van der Waals surface area contributed by atoms with Gasteiger partial charge < -0.3 is 10.6 Å². The lowest BCUT2D eigenvalue weighted by molar-refractivity contribution is -0.118. The summed E-state index contributed by atoms with van der Waals surface area (Å²) in [5, 5.41) is 5.79. The maximum Gasteiger partial charge on any atom is 0.216 e. The number of anilines is 1. The fourth-order valence-electron chi connectivity index (χ4n) is 1.26.